The van der Waals surface area contributed by atoms with Crippen molar-refractivity contribution in [2.24, 2.45) is 11.1 Å². The second-order valence-electron chi connectivity index (χ2n) is 8.64. The van der Waals surface area contributed by atoms with E-state index in [4.69, 9.17) is 0 Å². The van der Waals surface area contributed by atoms with E-state index < -0.39 is 0 Å². The standard InChI is InChI=1S/C24H29FN4O3/c1-27-13-10-21(26-32)20-9-16-29(22(20)24(27)31)12-2-11-28-14-7-18(8-15-28)23(30)17-3-5-19(25)6-4-17/h3-6,9,16,18,32H,2,7-8,10-15H2,1H3. The van der Waals surface area contributed by atoms with E-state index in [9.17, 15) is 19.2 Å². The van der Waals surface area contributed by atoms with Crippen LogP contribution in [0.5, 0.6) is 0 Å². The normalized spacial score (nSPS) is 19.2. The van der Waals surface area contributed by atoms with E-state index in [2.05, 4.69) is 10.1 Å². The van der Waals surface area contributed by atoms with E-state index in [1.807, 2.05) is 16.8 Å². The fourth-order valence-electron chi connectivity index (χ4n) is 4.66. The molecule has 170 valence electrons. The monoisotopic (exact) mass is 440 g/mol. The molecule has 0 unspecified atom stereocenters. The van der Waals surface area contributed by atoms with Crippen molar-refractivity contribution < 1.29 is 19.2 Å². The van der Waals surface area contributed by atoms with Gasteiger partial charge in [0.1, 0.15) is 11.5 Å². The van der Waals surface area contributed by atoms with Gasteiger partial charge in [0.25, 0.3) is 5.91 Å². The SMILES string of the molecule is CN1CCC(=NO)c2ccn(CCCN3CCC(C(=O)c4ccc(F)cc4)CC3)c2C1=O. The number of likely N-dealkylation sites (tertiary alicyclic amines) is 1. The smallest absolute Gasteiger partial charge is 0.270 e. The van der Waals surface area contributed by atoms with E-state index in [1.165, 1.54) is 12.1 Å². The average Bonchev–Trinajstić information content (AvgIpc) is 3.18. The molecule has 0 radical (unpaired) electrons. The van der Waals surface area contributed by atoms with Gasteiger partial charge in [-0.25, -0.2) is 4.39 Å². The van der Waals surface area contributed by atoms with Crippen LogP contribution < -0.4 is 0 Å². The zero-order valence-electron chi connectivity index (χ0n) is 18.3. The van der Waals surface area contributed by atoms with Gasteiger partial charge in [-0.1, -0.05) is 5.16 Å². The molecule has 0 spiro atoms. The second kappa shape index (κ2) is 9.65. The third kappa shape index (κ3) is 4.60. The van der Waals surface area contributed by atoms with Gasteiger partial charge in [0.15, 0.2) is 5.78 Å². The summed E-state index contributed by atoms with van der Waals surface area (Å²) in [6.07, 6.45) is 4.89. The van der Waals surface area contributed by atoms with Crippen molar-refractivity contribution in [1.82, 2.24) is 14.4 Å². The number of piperidine rings is 1. The molecule has 1 aromatic carbocycles. The van der Waals surface area contributed by atoms with Crippen molar-refractivity contribution in [2.45, 2.75) is 32.2 Å². The molecule has 1 N–H and O–H groups in total. The number of ketones is 1. The fraction of sp³-hybridized carbons (Fsp3) is 0.458. The molecular weight excluding hydrogens is 411 g/mol. The molecule has 32 heavy (non-hydrogen) atoms. The van der Waals surface area contributed by atoms with Gasteiger partial charge >= 0.3 is 0 Å². The average molecular weight is 441 g/mol. The third-order valence-corrected chi connectivity index (χ3v) is 6.59. The van der Waals surface area contributed by atoms with Crippen LogP contribution in [0.15, 0.2) is 41.7 Å². The first-order chi connectivity index (χ1) is 15.5. The number of oxime groups is 1. The lowest BCUT2D eigenvalue weighted by Crippen LogP contribution is -2.37. The first-order valence-corrected chi connectivity index (χ1v) is 11.2. The molecule has 0 saturated carbocycles. The van der Waals surface area contributed by atoms with Gasteiger partial charge < -0.3 is 19.6 Å². The van der Waals surface area contributed by atoms with Gasteiger partial charge in [0, 0.05) is 49.8 Å². The number of halogens is 1. The van der Waals surface area contributed by atoms with Crippen LogP contribution in [0.3, 0.4) is 0 Å². The fourth-order valence-corrected chi connectivity index (χ4v) is 4.66. The Morgan fingerprint density at radius 2 is 1.84 bits per heavy atom. The Morgan fingerprint density at radius 3 is 2.53 bits per heavy atom. The lowest BCUT2D eigenvalue weighted by atomic mass is 9.89. The number of Topliss-reactive ketones (excluding diaryl/α,β-unsaturated/α-hetero) is 1. The summed E-state index contributed by atoms with van der Waals surface area (Å²) in [7, 11) is 1.77. The van der Waals surface area contributed by atoms with Crippen LogP contribution in [0.1, 0.15) is 52.1 Å². The maximum Gasteiger partial charge on any atom is 0.270 e. The number of aryl methyl sites for hydroxylation is 1. The lowest BCUT2D eigenvalue weighted by molar-refractivity contribution is 0.0790. The van der Waals surface area contributed by atoms with Crippen LogP contribution in [-0.4, -0.2) is 70.2 Å². The molecule has 7 nitrogen and oxygen atoms in total. The Bertz CT molecular complexity index is 1010. The summed E-state index contributed by atoms with van der Waals surface area (Å²) in [5, 5.41) is 12.7. The number of carbonyl (C=O) groups excluding carboxylic acids is 2. The second-order valence-corrected chi connectivity index (χ2v) is 8.64. The zero-order chi connectivity index (χ0) is 22.7. The van der Waals surface area contributed by atoms with Crippen LogP contribution in [0.4, 0.5) is 4.39 Å². The number of hydrogen-bond donors (Lipinski definition) is 1. The molecule has 2 aliphatic rings. The number of hydrogen-bond acceptors (Lipinski definition) is 5. The van der Waals surface area contributed by atoms with Crippen molar-refractivity contribution in [3.63, 3.8) is 0 Å². The van der Waals surface area contributed by atoms with Crippen LogP contribution >= 0.6 is 0 Å². The molecule has 0 bridgehead atoms. The van der Waals surface area contributed by atoms with Gasteiger partial charge in [-0.15, -0.1) is 0 Å². The molecule has 2 aromatic rings. The van der Waals surface area contributed by atoms with E-state index >= 15 is 0 Å². The minimum atomic E-state index is -0.329. The number of carbonyl (C=O) groups is 2. The molecule has 0 aliphatic carbocycles. The maximum absolute atomic E-state index is 13.1. The highest BCUT2D eigenvalue weighted by Gasteiger charge is 2.28. The van der Waals surface area contributed by atoms with E-state index in [0.29, 0.717) is 42.0 Å². The molecular formula is C24H29FN4O3. The first-order valence-electron chi connectivity index (χ1n) is 11.2. The molecule has 4 rings (SSSR count). The molecule has 1 fully saturated rings. The molecule has 2 aliphatic heterocycles. The third-order valence-electron chi connectivity index (χ3n) is 6.59. The quantitative estimate of drug-likeness (QED) is 0.425. The van der Waals surface area contributed by atoms with Gasteiger partial charge in [-0.3, -0.25) is 9.59 Å². The number of aromatic nitrogens is 1. The zero-order valence-corrected chi connectivity index (χ0v) is 18.3. The Balaban J connectivity index is 1.30. The summed E-state index contributed by atoms with van der Waals surface area (Å²) in [6.45, 7) is 3.81. The molecule has 0 atom stereocenters. The largest absolute Gasteiger partial charge is 0.411 e. The van der Waals surface area contributed by atoms with Crippen molar-refractivity contribution in [3.05, 3.63) is 59.2 Å². The summed E-state index contributed by atoms with van der Waals surface area (Å²) in [5.74, 6) is -0.294. The summed E-state index contributed by atoms with van der Waals surface area (Å²) in [5.41, 5.74) is 2.42. The number of nitrogens with zero attached hydrogens (tertiary/aromatic N) is 4. The molecule has 3 heterocycles. The lowest BCUT2D eigenvalue weighted by Gasteiger charge is -2.31. The Hall–Kier alpha value is -3.00. The Kier molecular flexibility index (Phi) is 6.69. The van der Waals surface area contributed by atoms with Crippen LogP contribution in [-0.2, 0) is 6.54 Å². The summed E-state index contributed by atoms with van der Waals surface area (Å²) in [6, 6.07) is 7.66. The number of benzene rings is 1. The van der Waals surface area contributed by atoms with Crippen molar-refractivity contribution in [2.75, 3.05) is 33.2 Å². The van der Waals surface area contributed by atoms with Gasteiger partial charge in [0.2, 0.25) is 0 Å². The van der Waals surface area contributed by atoms with Crippen molar-refractivity contribution >= 4 is 17.4 Å². The highest BCUT2D eigenvalue weighted by atomic mass is 19.1. The highest BCUT2D eigenvalue weighted by Crippen LogP contribution is 2.23. The van der Waals surface area contributed by atoms with Crippen LogP contribution in [0, 0.1) is 11.7 Å². The maximum atomic E-state index is 13.1. The molecule has 1 amide bonds. The topological polar surface area (TPSA) is 78.1 Å². The minimum absolute atomic E-state index is 0.0127. The van der Waals surface area contributed by atoms with Crippen molar-refractivity contribution in [3.8, 4) is 0 Å². The van der Waals surface area contributed by atoms with Gasteiger partial charge in [0.05, 0.1) is 5.71 Å². The Labute approximate surface area is 187 Å². The van der Waals surface area contributed by atoms with Gasteiger partial charge in [-0.2, -0.15) is 0 Å². The van der Waals surface area contributed by atoms with Crippen LogP contribution in [0.25, 0.3) is 0 Å². The predicted molar refractivity (Wildman–Crippen MR) is 119 cm³/mol. The number of rotatable bonds is 6. The van der Waals surface area contributed by atoms with E-state index in [-0.39, 0.29) is 23.4 Å². The Morgan fingerprint density at radius 1 is 1.12 bits per heavy atom. The first kappa shape index (κ1) is 22.2. The molecule has 1 aromatic heterocycles. The highest BCUT2D eigenvalue weighted by molar-refractivity contribution is 6.11. The predicted octanol–water partition coefficient (Wildman–Crippen LogP) is 3.27. The number of amides is 1. The van der Waals surface area contributed by atoms with E-state index in [1.54, 1.807) is 24.1 Å². The van der Waals surface area contributed by atoms with Crippen molar-refractivity contribution in [1.29, 1.82) is 0 Å². The van der Waals surface area contributed by atoms with Crippen LogP contribution in [0.2, 0.25) is 0 Å². The molecule has 8 heteroatoms. The van der Waals surface area contributed by atoms with Gasteiger partial charge in [-0.05, 0) is 69.2 Å². The summed E-state index contributed by atoms with van der Waals surface area (Å²) < 4.78 is 15.1. The number of fused-ring (bicyclic) bond motifs is 1. The minimum Gasteiger partial charge on any atom is -0.411 e. The summed E-state index contributed by atoms with van der Waals surface area (Å²) in [4.78, 5) is 29.5. The summed E-state index contributed by atoms with van der Waals surface area (Å²) >= 11 is 0. The van der Waals surface area contributed by atoms with E-state index in [0.717, 1.165) is 38.9 Å². The molecule has 1 saturated heterocycles.